The number of carbonyl (C=O) groups is 2. The van der Waals surface area contributed by atoms with E-state index in [1.165, 1.54) is 20.0 Å². The first-order chi connectivity index (χ1) is 12.4. The number of esters is 1. The predicted octanol–water partition coefficient (Wildman–Crippen LogP) is 4.97. The number of carbonyl (C=O) groups excluding carboxylic acids is 2. The second-order valence-electron chi connectivity index (χ2n) is 6.39. The van der Waals surface area contributed by atoms with Crippen LogP contribution >= 0.6 is 22.6 Å². The zero-order chi connectivity index (χ0) is 19.4. The van der Waals surface area contributed by atoms with E-state index in [0.29, 0.717) is 34.8 Å². The Morgan fingerprint density at radius 2 is 1.96 bits per heavy atom. The first-order valence-corrected chi connectivity index (χ1v) is 10.3. The number of methoxy groups -OCH3 is 1. The van der Waals surface area contributed by atoms with Crippen molar-refractivity contribution >= 4 is 34.3 Å². The SMILES string of the molecule is CCCCCC=CC[C@@]1(O)C=C(I)C(=O)C1=CC=CCCCC(=O)OC. The van der Waals surface area contributed by atoms with Gasteiger partial charge in [0.15, 0.2) is 5.78 Å². The fourth-order valence-electron chi connectivity index (χ4n) is 2.69. The molecule has 0 aromatic carbocycles. The number of ketones is 1. The molecule has 0 fully saturated rings. The lowest BCUT2D eigenvalue weighted by atomic mass is 9.92. The van der Waals surface area contributed by atoms with Gasteiger partial charge in [-0.3, -0.25) is 9.59 Å². The molecule has 144 valence electrons. The molecule has 1 aliphatic rings. The van der Waals surface area contributed by atoms with Crippen molar-refractivity contribution in [1.29, 1.82) is 0 Å². The van der Waals surface area contributed by atoms with Gasteiger partial charge in [-0.2, -0.15) is 0 Å². The monoisotopic (exact) mass is 472 g/mol. The van der Waals surface area contributed by atoms with Crippen molar-refractivity contribution < 1.29 is 19.4 Å². The van der Waals surface area contributed by atoms with E-state index in [4.69, 9.17) is 0 Å². The van der Waals surface area contributed by atoms with Crippen LogP contribution in [0.1, 0.15) is 58.3 Å². The highest BCUT2D eigenvalue weighted by atomic mass is 127. The zero-order valence-electron chi connectivity index (χ0n) is 15.7. The molecule has 26 heavy (non-hydrogen) atoms. The Kier molecular flexibility index (Phi) is 10.7. The van der Waals surface area contributed by atoms with E-state index in [2.05, 4.69) is 17.7 Å². The lowest BCUT2D eigenvalue weighted by Crippen LogP contribution is -2.27. The Labute approximate surface area is 170 Å². The van der Waals surface area contributed by atoms with Crippen molar-refractivity contribution in [2.45, 2.75) is 63.9 Å². The Morgan fingerprint density at radius 3 is 2.65 bits per heavy atom. The highest BCUT2D eigenvalue weighted by Gasteiger charge is 2.39. The van der Waals surface area contributed by atoms with Gasteiger partial charge in [0.1, 0.15) is 5.60 Å². The third kappa shape index (κ3) is 7.58. The first kappa shape index (κ1) is 22.8. The average molecular weight is 472 g/mol. The average Bonchev–Trinajstić information content (AvgIpc) is 2.83. The number of hydrogen-bond acceptors (Lipinski definition) is 4. The zero-order valence-corrected chi connectivity index (χ0v) is 17.8. The second kappa shape index (κ2) is 12.2. The maximum atomic E-state index is 12.3. The van der Waals surface area contributed by atoms with E-state index < -0.39 is 5.60 Å². The van der Waals surface area contributed by atoms with Gasteiger partial charge >= 0.3 is 5.97 Å². The Morgan fingerprint density at radius 1 is 1.23 bits per heavy atom. The van der Waals surface area contributed by atoms with E-state index in [9.17, 15) is 14.7 Å². The quantitative estimate of drug-likeness (QED) is 0.152. The molecule has 0 saturated heterocycles. The summed E-state index contributed by atoms with van der Waals surface area (Å²) in [7, 11) is 1.38. The van der Waals surface area contributed by atoms with Crippen LogP contribution in [0.4, 0.5) is 0 Å². The third-order valence-corrected chi connectivity index (χ3v) is 5.04. The molecule has 4 nitrogen and oxygen atoms in total. The molecule has 0 unspecified atom stereocenters. The molecule has 0 saturated carbocycles. The number of halogens is 1. The largest absolute Gasteiger partial charge is 0.469 e. The van der Waals surface area contributed by atoms with E-state index in [-0.39, 0.29) is 11.8 Å². The molecule has 0 bridgehead atoms. The normalized spacial score (nSPS) is 21.9. The van der Waals surface area contributed by atoms with Crippen molar-refractivity contribution in [3.05, 3.63) is 45.6 Å². The van der Waals surface area contributed by atoms with Crippen LogP contribution in [0.2, 0.25) is 0 Å². The molecule has 0 spiro atoms. The summed E-state index contributed by atoms with van der Waals surface area (Å²) in [5.41, 5.74) is -0.824. The van der Waals surface area contributed by atoms with Crippen LogP contribution in [0.25, 0.3) is 0 Å². The van der Waals surface area contributed by atoms with E-state index in [1.807, 2.05) is 34.7 Å². The van der Waals surface area contributed by atoms with E-state index in [1.54, 1.807) is 18.2 Å². The molecule has 0 amide bonds. The van der Waals surface area contributed by atoms with E-state index in [0.717, 1.165) is 12.8 Å². The third-order valence-electron chi connectivity index (χ3n) is 4.24. The number of ether oxygens (including phenoxy) is 1. The summed E-state index contributed by atoms with van der Waals surface area (Å²) < 4.78 is 5.14. The number of unbranched alkanes of at least 4 members (excludes halogenated alkanes) is 4. The molecule has 0 aliphatic heterocycles. The number of Topliss-reactive ketones (excluding diaryl/α,β-unsaturated/α-hetero) is 1. The summed E-state index contributed by atoms with van der Waals surface area (Å²) in [6, 6.07) is 0. The maximum Gasteiger partial charge on any atom is 0.305 e. The topological polar surface area (TPSA) is 63.6 Å². The molecule has 1 N–H and O–H groups in total. The summed E-state index contributed by atoms with van der Waals surface area (Å²) in [6.07, 6.45) is 17.8. The van der Waals surface area contributed by atoms with Crippen LogP contribution in [0, 0.1) is 0 Å². The number of hydrogen-bond donors (Lipinski definition) is 1. The van der Waals surface area contributed by atoms with Crippen molar-refractivity contribution in [3.63, 3.8) is 0 Å². The van der Waals surface area contributed by atoms with Crippen LogP contribution in [0.15, 0.2) is 45.6 Å². The van der Waals surface area contributed by atoms with Crippen molar-refractivity contribution in [2.75, 3.05) is 7.11 Å². The van der Waals surface area contributed by atoms with Crippen molar-refractivity contribution in [1.82, 2.24) is 0 Å². The molecule has 1 rings (SSSR count). The van der Waals surface area contributed by atoms with Crippen LogP contribution in [-0.2, 0) is 14.3 Å². The highest BCUT2D eigenvalue weighted by molar-refractivity contribution is 14.1. The van der Waals surface area contributed by atoms with Crippen molar-refractivity contribution in [2.24, 2.45) is 0 Å². The van der Waals surface area contributed by atoms with Gasteiger partial charge in [-0.1, -0.05) is 50.1 Å². The molecule has 0 radical (unpaired) electrons. The van der Waals surface area contributed by atoms with Gasteiger partial charge < -0.3 is 9.84 Å². The summed E-state index contributed by atoms with van der Waals surface area (Å²) in [5.74, 6) is -0.340. The summed E-state index contributed by atoms with van der Waals surface area (Å²) in [4.78, 5) is 23.4. The minimum absolute atomic E-state index is 0.119. The number of aliphatic hydroxyl groups is 1. The van der Waals surface area contributed by atoms with Crippen LogP contribution in [0.3, 0.4) is 0 Å². The van der Waals surface area contributed by atoms with Gasteiger partial charge in [0.05, 0.1) is 10.7 Å². The van der Waals surface area contributed by atoms with Gasteiger partial charge in [0.25, 0.3) is 0 Å². The fraction of sp³-hybridized carbons (Fsp3) is 0.524. The summed E-state index contributed by atoms with van der Waals surface area (Å²) in [5, 5.41) is 10.9. The van der Waals surface area contributed by atoms with E-state index >= 15 is 0 Å². The summed E-state index contributed by atoms with van der Waals surface area (Å²) in [6.45, 7) is 2.17. The number of rotatable bonds is 11. The minimum atomic E-state index is -1.23. The molecule has 0 heterocycles. The van der Waals surface area contributed by atoms with Gasteiger partial charge in [0, 0.05) is 18.4 Å². The van der Waals surface area contributed by atoms with Gasteiger partial charge in [-0.25, -0.2) is 0 Å². The molecular weight excluding hydrogens is 443 g/mol. The highest BCUT2D eigenvalue weighted by Crippen LogP contribution is 2.36. The second-order valence-corrected chi connectivity index (χ2v) is 7.56. The Hall–Kier alpha value is -1.21. The smallest absolute Gasteiger partial charge is 0.305 e. The molecule has 0 aromatic rings. The number of allylic oxidation sites excluding steroid dienone is 5. The standard InChI is InChI=1S/C21H29IO4/c1-3-4-5-6-9-12-15-21(25)16-18(22)20(24)17(21)13-10-7-8-11-14-19(23)26-2/h7,9-10,12-13,16,25H,3-6,8,11,14-15H2,1-2H3/t21-/m1/s1. The molecular formula is C21H29IO4. The summed E-state index contributed by atoms with van der Waals surface area (Å²) >= 11 is 1.97. The Bertz CT molecular complexity index is 601. The fourth-order valence-corrected chi connectivity index (χ4v) is 3.49. The van der Waals surface area contributed by atoms with Crippen molar-refractivity contribution in [3.8, 4) is 0 Å². The van der Waals surface area contributed by atoms with Crippen LogP contribution < -0.4 is 0 Å². The Balaban J connectivity index is 2.62. The molecule has 0 aromatic heterocycles. The lowest BCUT2D eigenvalue weighted by molar-refractivity contribution is -0.140. The van der Waals surface area contributed by atoms with Crippen LogP contribution in [0.5, 0.6) is 0 Å². The minimum Gasteiger partial charge on any atom is -0.469 e. The molecule has 1 aliphatic carbocycles. The molecule has 5 heteroatoms. The van der Waals surface area contributed by atoms with Gasteiger partial charge in [0.2, 0.25) is 0 Å². The van der Waals surface area contributed by atoms with Crippen LogP contribution in [-0.4, -0.2) is 29.6 Å². The maximum absolute atomic E-state index is 12.3. The predicted molar refractivity (Wildman–Crippen MR) is 113 cm³/mol. The van der Waals surface area contributed by atoms with Gasteiger partial charge in [-0.15, -0.1) is 0 Å². The lowest BCUT2D eigenvalue weighted by Gasteiger charge is -2.20. The molecule has 1 atom stereocenters. The van der Waals surface area contributed by atoms with Gasteiger partial charge in [-0.05, 0) is 54.4 Å². The first-order valence-electron chi connectivity index (χ1n) is 9.19.